The molecule has 3 amide bonds. The van der Waals surface area contributed by atoms with E-state index in [9.17, 15) is 22.8 Å². The zero-order valence-corrected chi connectivity index (χ0v) is 13.4. The van der Waals surface area contributed by atoms with Crippen LogP contribution in [0.15, 0.2) is 11.8 Å². The average Bonchev–Trinajstić information content (AvgIpc) is 2.79. The van der Waals surface area contributed by atoms with Gasteiger partial charge in [0.2, 0.25) is 5.91 Å². The number of nitrogens with zero attached hydrogens (tertiary/aromatic N) is 2. The summed E-state index contributed by atoms with van der Waals surface area (Å²) >= 11 is 0. The first kappa shape index (κ1) is 16.7. The van der Waals surface area contributed by atoms with Crippen molar-refractivity contribution in [2.45, 2.75) is 24.7 Å². The Bertz CT molecular complexity index is 733. The summed E-state index contributed by atoms with van der Waals surface area (Å²) < 4.78 is 41.2. The number of carbonyl (C=O) groups is 3. The van der Waals surface area contributed by atoms with E-state index < -0.39 is 40.4 Å². The summed E-state index contributed by atoms with van der Waals surface area (Å²) in [6.45, 7) is -0.196. The van der Waals surface area contributed by atoms with Gasteiger partial charge in [-0.05, 0) is 6.08 Å². The Kier molecular flexibility index (Phi) is 3.97. The van der Waals surface area contributed by atoms with Crippen molar-refractivity contribution in [1.29, 1.82) is 0 Å². The first-order valence-corrected chi connectivity index (χ1v) is 8.40. The average molecular weight is 361 g/mol. The fourth-order valence-electron chi connectivity index (χ4n) is 2.71. The topological polar surface area (TPSA) is 143 Å². The van der Waals surface area contributed by atoms with E-state index in [0.717, 1.165) is 0 Å². The Balaban J connectivity index is 1.69. The van der Waals surface area contributed by atoms with Crippen LogP contribution in [0, 0.1) is 0 Å². The number of carbonyl (C=O) groups excluding carboxylic acids is 3. The minimum Gasteiger partial charge on any atom is -0.472 e. The van der Waals surface area contributed by atoms with Gasteiger partial charge in [0.05, 0.1) is 19.6 Å². The van der Waals surface area contributed by atoms with Gasteiger partial charge in [0, 0.05) is 7.11 Å². The van der Waals surface area contributed by atoms with Crippen LogP contribution in [0.1, 0.15) is 6.42 Å². The number of ether oxygens (including phenoxy) is 2. The van der Waals surface area contributed by atoms with Crippen LogP contribution >= 0.6 is 0 Å². The molecule has 24 heavy (non-hydrogen) atoms. The monoisotopic (exact) mass is 361 g/mol. The van der Waals surface area contributed by atoms with Crippen LogP contribution in [0.4, 0.5) is 0 Å². The predicted octanol–water partition coefficient (Wildman–Crippen LogP) is -2.40. The van der Waals surface area contributed by atoms with E-state index in [1.807, 2.05) is 0 Å². The number of nitrogens with one attached hydrogen (secondary N) is 1. The fraction of sp³-hybridized carbons (Fsp3) is 0.583. The molecule has 0 bridgehead atoms. The van der Waals surface area contributed by atoms with Crippen LogP contribution in [0.2, 0.25) is 0 Å². The third-order valence-electron chi connectivity index (χ3n) is 3.95. The summed E-state index contributed by atoms with van der Waals surface area (Å²) in [5, 5.41) is 2.36. The van der Waals surface area contributed by atoms with Crippen LogP contribution in [0.25, 0.3) is 0 Å². The zero-order chi connectivity index (χ0) is 17.6. The second kappa shape index (κ2) is 5.72. The van der Waals surface area contributed by atoms with E-state index in [4.69, 9.17) is 14.0 Å². The summed E-state index contributed by atoms with van der Waals surface area (Å²) in [5.41, 5.74) is 0. The molecular formula is C12H15N3O8S. The first-order valence-electron chi connectivity index (χ1n) is 7.00. The van der Waals surface area contributed by atoms with Gasteiger partial charge >= 0.3 is 10.3 Å². The highest BCUT2D eigenvalue weighted by Crippen LogP contribution is 2.36. The molecule has 0 spiro atoms. The number of fused-ring (bicyclic) bond motifs is 1. The largest absolute Gasteiger partial charge is 0.472 e. The number of β-lactam (4-membered cyclic amide) rings is 2. The van der Waals surface area contributed by atoms with E-state index in [2.05, 4.69) is 5.32 Å². The molecule has 3 atom stereocenters. The Hall–Kier alpha value is -2.18. The molecule has 0 saturated carbocycles. The maximum absolute atomic E-state index is 12.4. The molecule has 3 fully saturated rings. The summed E-state index contributed by atoms with van der Waals surface area (Å²) in [4.78, 5) is 37.0. The van der Waals surface area contributed by atoms with E-state index in [0.29, 0.717) is 0 Å². The number of rotatable bonds is 5. The molecule has 3 aliphatic heterocycles. The van der Waals surface area contributed by atoms with Crippen LogP contribution < -0.4 is 5.32 Å². The van der Waals surface area contributed by atoms with Gasteiger partial charge in [-0.15, -0.1) is 0 Å². The predicted molar refractivity (Wildman–Crippen MR) is 75.3 cm³/mol. The third kappa shape index (κ3) is 2.61. The van der Waals surface area contributed by atoms with Gasteiger partial charge in [-0.1, -0.05) is 0 Å². The van der Waals surface area contributed by atoms with Gasteiger partial charge in [0.15, 0.2) is 12.3 Å². The quantitative estimate of drug-likeness (QED) is 0.408. The molecule has 0 aromatic rings. The van der Waals surface area contributed by atoms with Crippen molar-refractivity contribution >= 4 is 28.0 Å². The normalized spacial score (nSPS) is 30.6. The van der Waals surface area contributed by atoms with Crippen LogP contribution in [-0.2, 0) is 34.2 Å². The Morgan fingerprint density at radius 3 is 2.75 bits per heavy atom. The molecule has 2 N–H and O–H groups in total. The minimum absolute atomic E-state index is 0.160. The Morgan fingerprint density at radius 2 is 2.21 bits per heavy atom. The number of methoxy groups -OCH3 is 1. The van der Waals surface area contributed by atoms with Crippen LogP contribution in [-0.4, -0.2) is 78.5 Å². The van der Waals surface area contributed by atoms with Gasteiger partial charge in [-0.25, -0.2) is 4.31 Å². The first-order chi connectivity index (χ1) is 11.2. The minimum atomic E-state index is -4.63. The number of amides is 3. The van der Waals surface area contributed by atoms with Gasteiger partial charge in [-0.2, -0.15) is 8.42 Å². The van der Waals surface area contributed by atoms with Crippen molar-refractivity contribution in [1.82, 2.24) is 14.5 Å². The van der Waals surface area contributed by atoms with Crippen molar-refractivity contribution in [3.8, 4) is 0 Å². The zero-order valence-electron chi connectivity index (χ0n) is 12.5. The molecule has 0 aromatic heterocycles. The lowest BCUT2D eigenvalue weighted by Crippen LogP contribution is -2.67. The molecule has 3 heterocycles. The molecule has 0 aliphatic carbocycles. The molecule has 3 saturated heterocycles. The Morgan fingerprint density at radius 1 is 1.50 bits per heavy atom. The van der Waals surface area contributed by atoms with E-state index in [1.165, 1.54) is 18.1 Å². The van der Waals surface area contributed by atoms with E-state index >= 15 is 0 Å². The molecule has 0 aromatic carbocycles. The van der Waals surface area contributed by atoms with Gasteiger partial charge in [0.1, 0.15) is 11.8 Å². The third-order valence-corrected chi connectivity index (χ3v) is 4.84. The summed E-state index contributed by atoms with van der Waals surface area (Å²) in [5.74, 6) is -1.64. The lowest BCUT2D eigenvalue weighted by Gasteiger charge is -2.37. The molecule has 3 unspecified atom stereocenters. The van der Waals surface area contributed by atoms with Crippen molar-refractivity contribution in [3.63, 3.8) is 0 Å². The highest BCUT2D eigenvalue weighted by Gasteiger charge is 2.54. The second-order valence-electron chi connectivity index (χ2n) is 5.45. The molecule has 132 valence electrons. The molecule has 3 rings (SSSR count). The molecule has 12 heteroatoms. The van der Waals surface area contributed by atoms with Gasteiger partial charge < -0.3 is 14.8 Å². The Labute approximate surface area is 137 Å². The summed E-state index contributed by atoms with van der Waals surface area (Å²) in [7, 11) is -3.17. The molecule has 11 nitrogen and oxygen atoms in total. The second-order valence-corrected chi connectivity index (χ2v) is 6.79. The molecule has 0 radical (unpaired) electrons. The maximum atomic E-state index is 12.4. The standard InChI is InChI=1S/C12H15N3O8S/c1-22-3-2-7-10(15-8(16)4-9(15)23-7)11(17)13-6-5-14(12(6)18)24(19,20)21/h2,6,9-10H,3-5H2,1H3,(H,13,17)(H,19,20,21). The maximum Gasteiger partial charge on any atom is 0.362 e. The van der Waals surface area contributed by atoms with Crippen molar-refractivity contribution in [2.24, 2.45) is 0 Å². The molecular weight excluding hydrogens is 346 g/mol. The van der Waals surface area contributed by atoms with Gasteiger partial charge in [0.25, 0.3) is 11.8 Å². The fourth-order valence-corrected chi connectivity index (χ4v) is 3.40. The van der Waals surface area contributed by atoms with Crippen molar-refractivity contribution in [3.05, 3.63) is 11.8 Å². The lowest BCUT2D eigenvalue weighted by atomic mass is 10.1. The smallest absolute Gasteiger partial charge is 0.362 e. The van der Waals surface area contributed by atoms with Gasteiger partial charge in [-0.3, -0.25) is 23.8 Å². The van der Waals surface area contributed by atoms with E-state index in [-0.39, 0.29) is 35.5 Å². The van der Waals surface area contributed by atoms with E-state index in [1.54, 1.807) is 0 Å². The van der Waals surface area contributed by atoms with Crippen LogP contribution in [0.3, 0.4) is 0 Å². The molecule has 3 aliphatic rings. The summed E-state index contributed by atoms with van der Waals surface area (Å²) in [6, 6.07) is -2.11. The van der Waals surface area contributed by atoms with Crippen LogP contribution in [0.5, 0.6) is 0 Å². The van der Waals surface area contributed by atoms with Crippen molar-refractivity contribution < 1.29 is 36.8 Å². The SMILES string of the molecule is COCC=C1OC2CC(=O)N2C1C(=O)NC1CN(S(=O)(=O)O)C1=O. The summed E-state index contributed by atoms with van der Waals surface area (Å²) in [6.07, 6.45) is 1.15. The van der Waals surface area contributed by atoms with Crippen molar-refractivity contribution in [2.75, 3.05) is 20.3 Å². The number of hydrogen-bond donors (Lipinski definition) is 2. The lowest BCUT2D eigenvalue weighted by molar-refractivity contribution is -0.159. The number of hydrogen-bond acceptors (Lipinski definition) is 7. The highest BCUT2D eigenvalue weighted by molar-refractivity contribution is 7.84. The highest BCUT2D eigenvalue weighted by atomic mass is 32.2.